The highest BCUT2D eigenvalue weighted by Crippen LogP contribution is 2.32. The van der Waals surface area contributed by atoms with Crippen LogP contribution in [0.25, 0.3) is 6.08 Å². The quantitative estimate of drug-likeness (QED) is 0.744. The van der Waals surface area contributed by atoms with Gasteiger partial charge in [-0.05, 0) is 30.0 Å². The second-order valence-electron chi connectivity index (χ2n) is 4.54. The Bertz CT molecular complexity index is 622. The fourth-order valence-corrected chi connectivity index (χ4v) is 3.23. The van der Waals surface area contributed by atoms with Gasteiger partial charge in [-0.3, -0.25) is 4.79 Å². The number of rotatable bonds is 1. The smallest absolute Gasteiger partial charge is 0.286 e. The van der Waals surface area contributed by atoms with Crippen LogP contribution in [-0.4, -0.2) is 42.3 Å². The lowest BCUT2D eigenvalue weighted by Gasteiger charge is -2.27. The molecule has 2 aliphatic heterocycles. The van der Waals surface area contributed by atoms with Crippen molar-refractivity contribution in [2.24, 2.45) is 4.99 Å². The number of nitrogens with zero attached hydrogens (tertiary/aromatic N) is 2. The SMILES string of the molecule is O=C1N=C(N2CCOCC2)SC1=Cc1c(F)cccc1Cl. The molecule has 4 nitrogen and oxygen atoms in total. The summed E-state index contributed by atoms with van der Waals surface area (Å²) >= 11 is 7.22. The van der Waals surface area contributed by atoms with Crippen LogP contribution in [-0.2, 0) is 9.53 Å². The first-order valence-electron chi connectivity index (χ1n) is 6.44. The molecule has 1 aromatic rings. The van der Waals surface area contributed by atoms with E-state index in [1.54, 1.807) is 6.07 Å². The molecule has 2 heterocycles. The zero-order valence-corrected chi connectivity index (χ0v) is 12.6. The lowest BCUT2D eigenvalue weighted by molar-refractivity contribution is -0.113. The van der Waals surface area contributed by atoms with Gasteiger partial charge >= 0.3 is 0 Å². The molecule has 7 heteroatoms. The molecule has 0 aliphatic carbocycles. The number of carbonyl (C=O) groups excluding carboxylic acids is 1. The molecule has 2 aliphatic rings. The summed E-state index contributed by atoms with van der Waals surface area (Å²) < 4.78 is 19.0. The van der Waals surface area contributed by atoms with Crippen molar-refractivity contribution in [3.8, 4) is 0 Å². The molecule has 110 valence electrons. The minimum Gasteiger partial charge on any atom is -0.378 e. The summed E-state index contributed by atoms with van der Waals surface area (Å²) in [4.78, 5) is 18.4. The Hall–Kier alpha value is -1.37. The van der Waals surface area contributed by atoms with Gasteiger partial charge in [0.25, 0.3) is 5.91 Å². The number of aliphatic imine (C=N–C) groups is 1. The molecule has 1 saturated heterocycles. The van der Waals surface area contributed by atoms with Crippen molar-refractivity contribution in [2.45, 2.75) is 0 Å². The number of halogens is 2. The second kappa shape index (κ2) is 6.17. The van der Waals surface area contributed by atoms with Crippen LogP contribution in [0.15, 0.2) is 28.1 Å². The minimum atomic E-state index is -0.455. The van der Waals surface area contributed by atoms with Crippen molar-refractivity contribution in [3.63, 3.8) is 0 Å². The van der Waals surface area contributed by atoms with E-state index >= 15 is 0 Å². The highest BCUT2D eigenvalue weighted by atomic mass is 35.5. The molecule has 0 radical (unpaired) electrons. The third-order valence-corrected chi connectivity index (χ3v) is 4.54. The van der Waals surface area contributed by atoms with Crippen LogP contribution in [0.3, 0.4) is 0 Å². The van der Waals surface area contributed by atoms with Gasteiger partial charge in [-0.2, -0.15) is 4.99 Å². The highest BCUT2D eigenvalue weighted by molar-refractivity contribution is 8.18. The van der Waals surface area contributed by atoms with E-state index < -0.39 is 5.82 Å². The summed E-state index contributed by atoms with van der Waals surface area (Å²) in [6, 6.07) is 4.43. The molecular weight excluding hydrogens is 315 g/mol. The highest BCUT2D eigenvalue weighted by Gasteiger charge is 2.27. The lowest BCUT2D eigenvalue weighted by atomic mass is 10.2. The van der Waals surface area contributed by atoms with Gasteiger partial charge in [-0.1, -0.05) is 17.7 Å². The summed E-state index contributed by atoms with van der Waals surface area (Å²) in [5.74, 6) is -0.816. The van der Waals surface area contributed by atoms with E-state index in [1.165, 1.54) is 30.0 Å². The number of hydrogen-bond acceptors (Lipinski definition) is 4. The summed E-state index contributed by atoms with van der Waals surface area (Å²) in [6.45, 7) is 2.64. The molecule has 3 rings (SSSR count). The Morgan fingerprint density at radius 3 is 2.86 bits per heavy atom. The van der Waals surface area contributed by atoms with E-state index in [2.05, 4.69) is 4.99 Å². The maximum Gasteiger partial charge on any atom is 0.286 e. The minimum absolute atomic E-state index is 0.216. The number of hydrogen-bond donors (Lipinski definition) is 0. The topological polar surface area (TPSA) is 41.9 Å². The van der Waals surface area contributed by atoms with Crippen molar-refractivity contribution in [3.05, 3.63) is 39.5 Å². The Morgan fingerprint density at radius 1 is 1.38 bits per heavy atom. The zero-order valence-electron chi connectivity index (χ0n) is 11.0. The monoisotopic (exact) mass is 326 g/mol. The van der Waals surface area contributed by atoms with E-state index in [0.29, 0.717) is 36.4 Å². The Morgan fingerprint density at radius 2 is 2.14 bits per heavy atom. The lowest BCUT2D eigenvalue weighted by Crippen LogP contribution is -2.38. The first-order chi connectivity index (χ1) is 10.1. The fourth-order valence-electron chi connectivity index (χ4n) is 2.07. The summed E-state index contributed by atoms with van der Waals surface area (Å²) in [5.41, 5.74) is 0.216. The van der Waals surface area contributed by atoms with E-state index in [9.17, 15) is 9.18 Å². The fraction of sp³-hybridized carbons (Fsp3) is 0.286. The standard InChI is InChI=1S/C14H12ClFN2O2S/c15-10-2-1-3-11(16)9(10)8-12-13(19)17-14(21-12)18-4-6-20-7-5-18/h1-3,8H,4-7H2. The summed E-state index contributed by atoms with van der Waals surface area (Å²) in [7, 11) is 0. The van der Waals surface area contributed by atoms with Crippen molar-refractivity contribution in [2.75, 3.05) is 26.3 Å². The number of morpholine rings is 1. The average molecular weight is 327 g/mol. The Balaban J connectivity index is 1.82. The van der Waals surface area contributed by atoms with Gasteiger partial charge in [0.05, 0.1) is 23.1 Å². The van der Waals surface area contributed by atoms with Crippen LogP contribution < -0.4 is 0 Å². The first kappa shape index (κ1) is 14.6. The predicted molar refractivity (Wildman–Crippen MR) is 81.8 cm³/mol. The van der Waals surface area contributed by atoms with E-state index in [-0.39, 0.29) is 16.5 Å². The van der Waals surface area contributed by atoms with Crippen LogP contribution in [0.5, 0.6) is 0 Å². The van der Waals surface area contributed by atoms with Gasteiger partial charge in [0.2, 0.25) is 0 Å². The molecule has 0 aromatic heterocycles. The molecule has 0 atom stereocenters. The molecule has 1 fully saturated rings. The normalized spacial score (nSPS) is 21.0. The van der Waals surface area contributed by atoms with Crippen LogP contribution in [0.1, 0.15) is 5.56 Å². The number of carbonyl (C=O) groups is 1. The molecule has 0 unspecified atom stereocenters. The number of amidine groups is 1. The molecule has 0 spiro atoms. The molecule has 1 aromatic carbocycles. The van der Waals surface area contributed by atoms with E-state index in [0.717, 1.165) is 0 Å². The third kappa shape index (κ3) is 3.12. The molecule has 1 amide bonds. The zero-order chi connectivity index (χ0) is 14.8. The molecule has 21 heavy (non-hydrogen) atoms. The summed E-state index contributed by atoms with van der Waals surface area (Å²) in [6.07, 6.45) is 1.46. The van der Waals surface area contributed by atoms with Crippen LogP contribution in [0.4, 0.5) is 4.39 Å². The van der Waals surface area contributed by atoms with Gasteiger partial charge in [0.15, 0.2) is 5.17 Å². The van der Waals surface area contributed by atoms with Gasteiger partial charge in [-0.15, -0.1) is 0 Å². The van der Waals surface area contributed by atoms with E-state index in [1.807, 2.05) is 4.90 Å². The number of benzene rings is 1. The largest absolute Gasteiger partial charge is 0.378 e. The molecule has 0 bridgehead atoms. The number of amides is 1. The molecule has 0 saturated carbocycles. The van der Waals surface area contributed by atoms with Gasteiger partial charge < -0.3 is 9.64 Å². The maximum atomic E-state index is 13.8. The second-order valence-corrected chi connectivity index (χ2v) is 5.96. The van der Waals surface area contributed by atoms with Crippen LogP contribution in [0, 0.1) is 5.82 Å². The Kier molecular flexibility index (Phi) is 4.28. The van der Waals surface area contributed by atoms with Gasteiger partial charge in [-0.25, -0.2) is 4.39 Å². The van der Waals surface area contributed by atoms with Crippen molar-refractivity contribution < 1.29 is 13.9 Å². The van der Waals surface area contributed by atoms with Crippen LogP contribution in [0.2, 0.25) is 5.02 Å². The molecule has 0 N–H and O–H groups in total. The average Bonchev–Trinajstić information content (AvgIpc) is 2.85. The van der Waals surface area contributed by atoms with Gasteiger partial charge in [0, 0.05) is 18.7 Å². The van der Waals surface area contributed by atoms with Crippen molar-refractivity contribution in [1.29, 1.82) is 0 Å². The van der Waals surface area contributed by atoms with Crippen molar-refractivity contribution in [1.82, 2.24) is 4.90 Å². The van der Waals surface area contributed by atoms with E-state index in [4.69, 9.17) is 16.3 Å². The van der Waals surface area contributed by atoms with Crippen molar-refractivity contribution >= 4 is 40.5 Å². The number of ether oxygens (including phenoxy) is 1. The third-order valence-electron chi connectivity index (χ3n) is 3.17. The summed E-state index contributed by atoms with van der Waals surface area (Å²) in [5, 5.41) is 0.915. The first-order valence-corrected chi connectivity index (χ1v) is 7.64. The predicted octanol–water partition coefficient (Wildman–Crippen LogP) is 2.78. The van der Waals surface area contributed by atoms with Crippen LogP contribution >= 0.6 is 23.4 Å². The molecular formula is C14H12ClFN2O2S. The number of thioether (sulfide) groups is 1. The Labute approximate surface area is 130 Å². The van der Waals surface area contributed by atoms with Gasteiger partial charge in [0.1, 0.15) is 5.82 Å². The maximum absolute atomic E-state index is 13.8.